The number of pyridine rings is 1. The molecule has 2 aromatic rings. The smallest absolute Gasteiger partial charge is 0.309 e. The van der Waals surface area contributed by atoms with E-state index in [1.807, 2.05) is 6.07 Å². The van der Waals surface area contributed by atoms with Crippen LogP contribution in [-0.2, 0) is 9.53 Å². The molecule has 4 rings (SSSR count). The van der Waals surface area contributed by atoms with E-state index >= 15 is 0 Å². The molecular weight excluding hydrogens is 434 g/mol. The van der Waals surface area contributed by atoms with Gasteiger partial charge in [-0.15, -0.1) is 0 Å². The number of hydrogen-bond donors (Lipinski definition) is 2. The van der Waals surface area contributed by atoms with E-state index < -0.39 is 0 Å². The van der Waals surface area contributed by atoms with E-state index in [1.165, 1.54) is 0 Å². The molecule has 0 bridgehead atoms. The molecule has 2 amide bonds. The van der Waals surface area contributed by atoms with Gasteiger partial charge in [0.15, 0.2) is 0 Å². The fourth-order valence-electron chi connectivity index (χ4n) is 4.35. The monoisotopic (exact) mass is 465 g/mol. The Morgan fingerprint density at radius 3 is 2.47 bits per heavy atom. The van der Waals surface area contributed by atoms with E-state index in [0.29, 0.717) is 55.2 Å². The summed E-state index contributed by atoms with van der Waals surface area (Å²) in [5.41, 5.74) is 1.46. The summed E-state index contributed by atoms with van der Waals surface area (Å²) in [7, 11) is 0. The maximum atomic E-state index is 13.6. The number of benzene rings is 1. The van der Waals surface area contributed by atoms with Gasteiger partial charge in [-0.3, -0.25) is 14.4 Å². The maximum absolute atomic E-state index is 13.6. The van der Waals surface area contributed by atoms with Gasteiger partial charge in [0.25, 0.3) is 11.8 Å². The van der Waals surface area contributed by atoms with Crippen LogP contribution in [0.15, 0.2) is 42.6 Å². The number of piperazine rings is 1. The van der Waals surface area contributed by atoms with E-state index in [-0.39, 0.29) is 23.7 Å². The second-order valence-corrected chi connectivity index (χ2v) is 8.47. The number of aromatic nitrogens is 1. The Kier molecular flexibility index (Phi) is 7.74. The molecule has 34 heavy (non-hydrogen) atoms. The van der Waals surface area contributed by atoms with Crippen molar-refractivity contribution in [2.24, 2.45) is 5.92 Å². The topological polar surface area (TPSA) is 104 Å². The van der Waals surface area contributed by atoms with Crippen LogP contribution in [0.3, 0.4) is 0 Å². The summed E-state index contributed by atoms with van der Waals surface area (Å²) in [6.45, 7) is 6.22. The zero-order valence-corrected chi connectivity index (χ0v) is 19.5. The van der Waals surface area contributed by atoms with E-state index in [1.54, 1.807) is 48.4 Å². The molecule has 0 aliphatic carbocycles. The quantitative estimate of drug-likeness (QED) is 0.630. The summed E-state index contributed by atoms with van der Waals surface area (Å²) < 4.78 is 5.14. The van der Waals surface area contributed by atoms with Gasteiger partial charge in [0.1, 0.15) is 5.82 Å². The average molecular weight is 466 g/mol. The lowest BCUT2D eigenvalue weighted by Gasteiger charge is -2.33. The molecular formula is C25H31N5O4. The molecule has 9 nitrogen and oxygen atoms in total. The van der Waals surface area contributed by atoms with Gasteiger partial charge in [-0.25, -0.2) is 4.98 Å². The number of likely N-dealkylation sites (tertiary alicyclic amines) is 1. The summed E-state index contributed by atoms with van der Waals surface area (Å²) in [5.74, 6) is -0.142. The van der Waals surface area contributed by atoms with Crippen LogP contribution in [0.2, 0.25) is 0 Å². The van der Waals surface area contributed by atoms with Crippen molar-refractivity contribution >= 4 is 29.3 Å². The third-order valence-electron chi connectivity index (χ3n) is 6.21. The first-order valence-corrected chi connectivity index (χ1v) is 11.8. The van der Waals surface area contributed by atoms with Crippen molar-refractivity contribution in [3.63, 3.8) is 0 Å². The van der Waals surface area contributed by atoms with E-state index in [4.69, 9.17) is 4.74 Å². The summed E-state index contributed by atoms with van der Waals surface area (Å²) in [6.07, 6.45) is 2.75. The zero-order valence-electron chi connectivity index (χ0n) is 19.5. The predicted molar refractivity (Wildman–Crippen MR) is 129 cm³/mol. The first kappa shape index (κ1) is 23.7. The Labute approximate surface area is 199 Å². The number of ether oxygens (including phenoxy) is 1. The van der Waals surface area contributed by atoms with Crippen LogP contribution < -0.4 is 15.5 Å². The second kappa shape index (κ2) is 11.1. The summed E-state index contributed by atoms with van der Waals surface area (Å²) in [4.78, 5) is 46.8. The molecule has 1 aromatic heterocycles. The number of carbonyl (C=O) groups excluding carboxylic acids is 3. The lowest BCUT2D eigenvalue weighted by Crippen LogP contribution is -2.45. The van der Waals surface area contributed by atoms with Gasteiger partial charge in [0, 0.05) is 44.8 Å². The Balaban J connectivity index is 1.54. The minimum absolute atomic E-state index is 0.140. The number of carbonyl (C=O) groups is 3. The highest BCUT2D eigenvalue weighted by Gasteiger charge is 2.31. The number of anilines is 2. The van der Waals surface area contributed by atoms with Crippen molar-refractivity contribution in [3.8, 4) is 0 Å². The highest BCUT2D eigenvalue weighted by atomic mass is 16.5. The Hall–Kier alpha value is -3.46. The third kappa shape index (κ3) is 5.53. The van der Waals surface area contributed by atoms with Crippen molar-refractivity contribution in [1.82, 2.24) is 15.2 Å². The van der Waals surface area contributed by atoms with Crippen molar-refractivity contribution in [2.45, 2.75) is 19.8 Å². The second-order valence-electron chi connectivity index (χ2n) is 8.47. The van der Waals surface area contributed by atoms with Crippen molar-refractivity contribution in [3.05, 3.63) is 53.7 Å². The molecule has 2 aliphatic heterocycles. The molecule has 0 spiro atoms. The first-order valence-electron chi connectivity index (χ1n) is 11.8. The van der Waals surface area contributed by atoms with E-state index in [9.17, 15) is 14.4 Å². The highest BCUT2D eigenvalue weighted by Crippen LogP contribution is 2.27. The Morgan fingerprint density at radius 2 is 1.79 bits per heavy atom. The molecule has 0 atom stereocenters. The molecule has 3 heterocycles. The van der Waals surface area contributed by atoms with Crippen LogP contribution >= 0.6 is 0 Å². The maximum Gasteiger partial charge on any atom is 0.309 e. The molecule has 2 saturated heterocycles. The molecule has 180 valence electrons. The van der Waals surface area contributed by atoms with Crippen LogP contribution in [-0.4, -0.2) is 73.5 Å². The summed E-state index contributed by atoms with van der Waals surface area (Å²) in [5, 5.41) is 6.17. The fraction of sp³-hybridized carbons (Fsp3) is 0.440. The minimum Gasteiger partial charge on any atom is -0.466 e. The average Bonchev–Trinajstić information content (AvgIpc) is 2.89. The molecule has 0 saturated carbocycles. The number of rotatable bonds is 6. The third-order valence-corrected chi connectivity index (χ3v) is 6.21. The fourth-order valence-corrected chi connectivity index (χ4v) is 4.35. The molecule has 2 N–H and O–H groups in total. The number of hydrogen-bond acceptors (Lipinski definition) is 7. The number of amides is 2. The van der Waals surface area contributed by atoms with Crippen molar-refractivity contribution in [1.29, 1.82) is 0 Å². The molecule has 9 heteroatoms. The van der Waals surface area contributed by atoms with Gasteiger partial charge in [-0.1, -0.05) is 18.2 Å². The number of esters is 1. The summed E-state index contributed by atoms with van der Waals surface area (Å²) in [6, 6.07) is 10.6. The standard InChI is InChI=1S/C25H31N5O4/c1-2-34-25(33)19-8-12-30(13-9-19)24(32)21-16-20(28-23(31)18-6-4-3-5-7-18)17-27-22(21)29-14-10-26-11-15-29/h3-7,16-17,19,26H,2,8-15H2,1H3,(H,28,31). The summed E-state index contributed by atoms with van der Waals surface area (Å²) >= 11 is 0. The first-order chi connectivity index (χ1) is 16.6. The minimum atomic E-state index is -0.258. The molecule has 2 fully saturated rings. The predicted octanol–water partition coefficient (Wildman–Crippen LogP) is 2.16. The normalized spacial score (nSPS) is 16.7. The highest BCUT2D eigenvalue weighted by molar-refractivity contribution is 6.06. The molecule has 1 aromatic carbocycles. The molecule has 2 aliphatic rings. The largest absolute Gasteiger partial charge is 0.466 e. The van der Waals surface area contributed by atoms with Gasteiger partial charge in [-0.2, -0.15) is 0 Å². The lowest BCUT2D eigenvalue weighted by atomic mass is 9.96. The molecule has 0 radical (unpaired) electrons. The van der Waals surface area contributed by atoms with Crippen LogP contribution in [0.5, 0.6) is 0 Å². The Morgan fingerprint density at radius 1 is 1.09 bits per heavy atom. The van der Waals surface area contributed by atoms with Crippen LogP contribution in [0, 0.1) is 5.92 Å². The van der Waals surface area contributed by atoms with Gasteiger partial charge in [0.2, 0.25) is 0 Å². The Bertz CT molecular complexity index is 1020. The van der Waals surface area contributed by atoms with Crippen LogP contribution in [0.4, 0.5) is 11.5 Å². The zero-order chi connectivity index (χ0) is 23.9. The SMILES string of the molecule is CCOC(=O)C1CCN(C(=O)c2cc(NC(=O)c3ccccc3)cnc2N2CCNCC2)CC1. The molecule has 0 unspecified atom stereocenters. The van der Waals surface area contributed by atoms with Crippen molar-refractivity contribution < 1.29 is 19.1 Å². The number of nitrogens with one attached hydrogen (secondary N) is 2. The van der Waals surface area contributed by atoms with E-state index in [0.717, 1.165) is 26.2 Å². The van der Waals surface area contributed by atoms with Crippen LogP contribution in [0.1, 0.15) is 40.5 Å². The van der Waals surface area contributed by atoms with E-state index in [2.05, 4.69) is 20.5 Å². The lowest BCUT2D eigenvalue weighted by molar-refractivity contribution is -0.149. The number of piperidine rings is 1. The van der Waals surface area contributed by atoms with Gasteiger partial charge in [0.05, 0.1) is 30.0 Å². The van der Waals surface area contributed by atoms with Crippen molar-refractivity contribution in [2.75, 3.05) is 56.1 Å². The van der Waals surface area contributed by atoms with Gasteiger partial charge in [-0.05, 0) is 38.0 Å². The van der Waals surface area contributed by atoms with Gasteiger partial charge >= 0.3 is 5.97 Å². The van der Waals surface area contributed by atoms with Crippen LogP contribution in [0.25, 0.3) is 0 Å². The van der Waals surface area contributed by atoms with Gasteiger partial charge < -0.3 is 25.2 Å². The number of nitrogens with zero attached hydrogens (tertiary/aromatic N) is 3.